The number of fused-ring (bicyclic) bond motifs is 5. The summed E-state index contributed by atoms with van der Waals surface area (Å²) in [5, 5.41) is 0. The van der Waals surface area contributed by atoms with Crippen LogP contribution >= 0.6 is 34.8 Å². The molecule has 4 rings (SSSR count). The lowest BCUT2D eigenvalue weighted by Crippen LogP contribution is -2.51. The lowest BCUT2D eigenvalue weighted by Gasteiger charge is -2.58. The van der Waals surface area contributed by atoms with E-state index in [-0.39, 0.29) is 11.5 Å². The largest absolute Gasteiger partial charge is 0.459 e. The number of hydrogen-bond donors (Lipinski definition) is 0. The summed E-state index contributed by atoms with van der Waals surface area (Å²) < 4.78 is 3.59. The van der Waals surface area contributed by atoms with Crippen molar-refractivity contribution < 1.29 is 9.53 Å². The molecular weight excluding hydrogens is 487 g/mol. The van der Waals surface area contributed by atoms with Gasteiger partial charge in [0, 0.05) is 6.42 Å². The number of esters is 1. The Kier molecular flexibility index (Phi) is 8.05. The number of allylic oxidation sites excluding steroid dienone is 1. The number of carbonyl (C=O) groups is 1. The number of ether oxygens (including phenoxy) is 1. The van der Waals surface area contributed by atoms with E-state index in [1.807, 2.05) is 0 Å². The molecule has 0 amide bonds. The van der Waals surface area contributed by atoms with Gasteiger partial charge in [-0.25, -0.2) is 4.79 Å². The maximum absolute atomic E-state index is 12.1. The number of carbonyl (C=O) groups excluding carboxylic acids is 1. The minimum atomic E-state index is -1.99. The summed E-state index contributed by atoms with van der Waals surface area (Å²) in [5.74, 6) is 4.23. The molecule has 5 heteroatoms. The van der Waals surface area contributed by atoms with Crippen LogP contribution in [0.1, 0.15) is 105 Å². The van der Waals surface area contributed by atoms with Crippen LogP contribution in [0.3, 0.4) is 0 Å². The summed E-state index contributed by atoms with van der Waals surface area (Å²) in [6.45, 7) is 12.4. The Labute approximate surface area is 222 Å². The molecule has 0 radical (unpaired) electrons. The van der Waals surface area contributed by atoms with E-state index in [0.717, 1.165) is 54.8 Å². The quantitative estimate of drug-likeness (QED) is 0.194. The first-order chi connectivity index (χ1) is 15.9. The minimum absolute atomic E-state index is 0.171. The molecule has 2 nitrogen and oxygen atoms in total. The van der Waals surface area contributed by atoms with E-state index in [1.165, 1.54) is 56.9 Å². The van der Waals surface area contributed by atoms with Crippen molar-refractivity contribution in [1.29, 1.82) is 0 Å². The van der Waals surface area contributed by atoms with E-state index in [2.05, 4.69) is 40.7 Å². The Morgan fingerprint density at radius 3 is 2.47 bits per heavy atom. The maximum Gasteiger partial charge on any atom is 0.358 e. The predicted octanol–water partition coefficient (Wildman–Crippen LogP) is 9.31. The van der Waals surface area contributed by atoms with Crippen molar-refractivity contribution in [3.63, 3.8) is 0 Å². The molecule has 0 bridgehead atoms. The molecule has 34 heavy (non-hydrogen) atoms. The zero-order valence-electron chi connectivity index (χ0n) is 21.8. The molecule has 0 unspecified atom stereocenters. The molecule has 8 atom stereocenters. The van der Waals surface area contributed by atoms with Gasteiger partial charge in [0.2, 0.25) is 0 Å². The second kappa shape index (κ2) is 10.1. The molecule has 0 aromatic carbocycles. The van der Waals surface area contributed by atoms with Gasteiger partial charge in [-0.3, -0.25) is 0 Å². The average molecular weight is 532 g/mol. The van der Waals surface area contributed by atoms with Crippen LogP contribution < -0.4 is 0 Å². The summed E-state index contributed by atoms with van der Waals surface area (Å²) in [6.07, 6.45) is 16.0. The standard InChI is InChI=1S/C29H45Cl3O2/c1-18(2)7-6-8-19(3)23-11-12-24-22-10-9-20-17-21(34-26(33)29(30,31)32)13-15-27(20,4)25(22)14-16-28(23,24)5/h9,18-19,21-25H,6-8,10-17H2,1-5H3/t19-,21+,22+,23-,24+,25+,27+,28-/m1/s1. The topological polar surface area (TPSA) is 26.3 Å². The van der Waals surface area contributed by atoms with Crippen LogP contribution in [0.2, 0.25) is 0 Å². The Hall–Kier alpha value is 0.0800. The number of rotatable bonds is 6. The van der Waals surface area contributed by atoms with Gasteiger partial charge < -0.3 is 4.74 Å². The van der Waals surface area contributed by atoms with E-state index < -0.39 is 9.76 Å². The lowest BCUT2D eigenvalue weighted by molar-refractivity contribution is -0.150. The Balaban J connectivity index is 1.44. The van der Waals surface area contributed by atoms with Gasteiger partial charge in [0.15, 0.2) is 0 Å². The first-order valence-corrected chi connectivity index (χ1v) is 15.0. The zero-order chi connectivity index (χ0) is 24.9. The average Bonchev–Trinajstić information content (AvgIpc) is 3.10. The maximum atomic E-state index is 12.1. The van der Waals surface area contributed by atoms with Crippen molar-refractivity contribution in [3.8, 4) is 0 Å². The molecular formula is C29H45Cl3O2. The van der Waals surface area contributed by atoms with Crippen molar-refractivity contribution >= 4 is 40.8 Å². The monoisotopic (exact) mass is 530 g/mol. The van der Waals surface area contributed by atoms with E-state index in [1.54, 1.807) is 0 Å². The molecule has 0 aliphatic heterocycles. The van der Waals surface area contributed by atoms with E-state index in [4.69, 9.17) is 39.5 Å². The highest BCUT2D eigenvalue weighted by molar-refractivity contribution is 6.75. The first-order valence-electron chi connectivity index (χ1n) is 13.8. The molecule has 0 heterocycles. The fraction of sp³-hybridized carbons (Fsp3) is 0.897. The Bertz CT molecular complexity index is 787. The molecule has 0 aromatic heterocycles. The van der Waals surface area contributed by atoms with Crippen molar-refractivity contribution in [2.24, 2.45) is 46.3 Å². The summed E-state index contributed by atoms with van der Waals surface area (Å²) in [4.78, 5) is 12.1. The highest BCUT2D eigenvalue weighted by Gasteiger charge is 2.59. The van der Waals surface area contributed by atoms with Gasteiger partial charge in [0.05, 0.1) is 0 Å². The van der Waals surface area contributed by atoms with Crippen molar-refractivity contribution in [1.82, 2.24) is 0 Å². The van der Waals surface area contributed by atoms with Gasteiger partial charge in [-0.05, 0) is 91.3 Å². The smallest absolute Gasteiger partial charge is 0.358 e. The van der Waals surface area contributed by atoms with E-state index in [9.17, 15) is 4.79 Å². The molecule has 0 saturated heterocycles. The molecule has 3 saturated carbocycles. The third kappa shape index (κ3) is 5.08. The zero-order valence-corrected chi connectivity index (χ0v) is 24.1. The molecule has 4 aliphatic carbocycles. The van der Waals surface area contributed by atoms with Crippen LogP contribution in [-0.4, -0.2) is 15.9 Å². The van der Waals surface area contributed by atoms with E-state index >= 15 is 0 Å². The van der Waals surface area contributed by atoms with Crippen LogP contribution in [0.4, 0.5) is 0 Å². The molecule has 194 valence electrons. The molecule has 4 aliphatic rings. The Morgan fingerprint density at radius 2 is 1.79 bits per heavy atom. The van der Waals surface area contributed by atoms with Crippen LogP contribution in [0.25, 0.3) is 0 Å². The van der Waals surface area contributed by atoms with Gasteiger partial charge in [-0.15, -0.1) is 0 Å². The van der Waals surface area contributed by atoms with Crippen molar-refractivity contribution in [2.75, 3.05) is 0 Å². The number of hydrogen-bond acceptors (Lipinski definition) is 2. The SMILES string of the molecule is CC(C)CCC[C@@H](C)[C@H]1CC[C@H]2[C@@H]3CC=C4C[C@@H](OC(=O)C(Cl)(Cl)Cl)CC[C@]4(C)[C@H]3CC[C@]12C. The summed E-state index contributed by atoms with van der Waals surface area (Å²) in [5.41, 5.74) is 2.23. The number of halogens is 3. The Morgan fingerprint density at radius 1 is 1.06 bits per heavy atom. The first kappa shape index (κ1) is 27.1. The fourth-order valence-electron chi connectivity index (χ4n) is 8.97. The predicted molar refractivity (Wildman–Crippen MR) is 143 cm³/mol. The second-order valence-electron chi connectivity index (χ2n) is 13.1. The summed E-state index contributed by atoms with van der Waals surface area (Å²) in [7, 11) is 0. The van der Waals surface area contributed by atoms with Crippen LogP contribution in [0.15, 0.2) is 11.6 Å². The van der Waals surface area contributed by atoms with Crippen LogP contribution in [0, 0.1) is 46.3 Å². The molecule has 0 N–H and O–H groups in total. The number of alkyl halides is 3. The highest BCUT2D eigenvalue weighted by Crippen LogP contribution is 2.67. The normalized spacial score (nSPS) is 40.7. The van der Waals surface area contributed by atoms with Gasteiger partial charge in [0.25, 0.3) is 3.79 Å². The van der Waals surface area contributed by atoms with Crippen LogP contribution in [-0.2, 0) is 9.53 Å². The highest BCUT2D eigenvalue weighted by atomic mass is 35.6. The second-order valence-corrected chi connectivity index (χ2v) is 15.3. The van der Waals surface area contributed by atoms with E-state index in [0.29, 0.717) is 5.41 Å². The van der Waals surface area contributed by atoms with Gasteiger partial charge in [-0.2, -0.15) is 0 Å². The van der Waals surface area contributed by atoms with Crippen LogP contribution in [0.5, 0.6) is 0 Å². The fourth-order valence-corrected chi connectivity index (χ4v) is 9.10. The minimum Gasteiger partial charge on any atom is -0.459 e. The molecule has 0 spiro atoms. The van der Waals surface area contributed by atoms with Gasteiger partial charge >= 0.3 is 5.97 Å². The van der Waals surface area contributed by atoms with Crippen molar-refractivity contribution in [3.05, 3.63) is 11.6 Å². The summed E-state index contributed by atoms with van der Waals surface area (Å²) in [6, 6.07) is 0. The molecule has 3 fully saturated rings. The lowest BCUT2D eigenvalue weighted by atomic mass is 9.47. The summed E-state index contributed by atoms with van der Waals surface area (Å²) >= 11 is 17.2. The van der Waals surface area contributed by atoms with Crippen molar-refractivity contribution in [2.45, 2.75) is 115 Å². The third-order valence-electron chi connectivity index (χ3n) is 10.8. The molecule has 0 aromatic rings. The third-order valence-corrected chi connectivity index (χ3v) is 11.2. The van der Waals surface area contributed by atoms with Gasteiger partial charge in [-0.1, -0.05) is 100 Å². The van der Waals surface area contributed by atoms with Gasteiger partial charge in [0.1, 0.15) is 6.10 Å².